The quantitative estimate of drug-likeness (QED) is 0.636. The third-order valence-electron chi connectivity index (χ3n) is 2.54. The minimum atomic E-state index is 0.366. The van der Waals surface area contributed by atoms with Crippen LogP contribution in [0.2, 0.25) is 0 Å². The molecule has 4 heteroatoms. The number of thioether (sulfide) groups is 1. The first-order valence-electron chi connectivity index (χ1n) is 6.25. The second kappa shape index (κ2) is 8.87. The van der Waals surface area contributed by atoms with E-state index in [9.17, 15) is 0 Å². The fraction of sp³-hybridized carbons (Fsp3) is 0.467. The summed E-state index contributed by atoms with van der Waals surface area (Å²) >= 11 is 1.93. The van der Waals surface area contributed by atoms with Gasteiger partial charge in [-0.15, -0.1) is 0 Å². The highest BCUT2D eigenvalue weighted by atomic mass is 32.2. The maximum absolute atomic E-state index is 5.41. The van der Waals surface area contributed by atoms with Crippen LogP contribution in [0.3, 0.4) is 0 Å². The van der Waals surface area contributed by atoms with Gasteiger partial charge in [0.15, 0.2) is 0 Å². The Hall–Kier alpha value is -1.15. The summed E-state index contributed by atoms with van der Waals surface area (Å²) in [5, 5.41) is 0. The normalized spacial score (nSPS) is 10.2. The highest BCUT2D eigenvalue weighted by Gasteiger charge is 2.02. The highest BCUT2D eigenvalue weighted by molar-refractivity contribution is 7.98. The minimum Gasteiger partial charge on any atom is -0.495 e. The second-order valence-electron chi connectivity index (χ2n) is 4.40. The predicted octanol–water partition coefficient (Wildman–Crippen LogP) is 1.80. The molecular formula is C15H22N2OS. The Kier molecular flexibility index (Phi) is 7.42. The summed E-state index contributed by atoms with van der Waals surface area (Å²) in [5.41, 5.74) is 7.59. The van der Waals surface area contributed by atoms with Gasteiger partial charge in [0.1, 0.15) is 5.75 Å². The molecule has 0 aromatic heterocycles. The second-order valence-corrected chi connectivity index (χ2v) is 5.50. The van der Waals surface area contributed by atoms with E-state index in [0.29, 0.717) is 6.54 Å². The number of rotatable bonds is 6. The molecule has 1 aromatic carbocycles. The molecule has 0 heterocycles. The summed E-state index contributed by atoms with van der Waals surface area (Å²) in [6.07, 6.45) is 0. The number of methoxy groups -OCH3 is 1. The van der Waals surface area contributed by atoms with Gasteiger partial charge in [-0.1, -0.05) is 17.9 Å². The summed E-state index contributed by atoms with van der Waals surface area (Å²) < 4.78 is 5.30. The van der Waals surface area contributed by atoms with Crippen LogP contribution in [0, 0.1) is 11.8 Å². The first-order valence-corrected chi connectivity index (χ1v) is 7.41. The Morgan fingerprint density at radius 1 is 1.37 bits per heavy atom. The van der Waals surface area contributed by atoms with Crippen molar-refractivity contribution in [2.75, 3.05) is 40.0 Å². The van der Waals surface area contributed by atoms with Crippen LogP contribution in [-0.4, -0.2) is 44.9 Å². The van der Waals surface area contributed by atoms with Gasteiger partial charge in [-0.2, -0.15) is 11.8 Å². The van der Waals surface area contributed by atoms with Crippen molar-refractivity contribution in [3.63, 3.8) is 0 Å². The van der Waals surface area contributed by atoms with Gasteiger partial charge in [0.25, 0.3) is 0 Å². The summed E-state index contributed by atoms with van der Waals surface area (Å²) in [6.45, 7) is 1.46. The molecule has 0 fully saturated rings. The third-order valence-corrected chi connectivity index (χ3v) is 3.55. The molecule has 1 aromatic rings. The zero-order valence-electron chi connectivity index (χ0n) is 11.9. The van der Waals surface area contributed by atoms with E-state index in [1.54, 1.807) is 7.11 Å². The first kappa shape index (κ1) is 15.9. The molecule has 0 bridgehead atoms. The Morgan fingerprint density at radius 2 is 2.16 bits per heavy atom. The van der Waals surface area contributed by atoms with Gasteiger partial charge in [-0.3, -0.25) is 0 Å². The van der Waals surface area contributed by atoms with Gasteiger partial charge in [0.2, 0.25) is 0 Å². The number of nitrogens with two attached hydrogens (primary N) is 1. The lowest BCUT2D eigenvalue weighted by Crippen LogP contribution is -2.14. The molecule has 0 saturated heterocycles. The van der Waals surface area contributed by atoms with Crippen LogP contribution in [0.1, 0.15) is 11.1 Å². The molecule has 0 spiro atoms. The van der Waals surface area contributed by atoms with E-state index >= 15 is 0 Å². The molecular weight excluding hydrogens is 256 g/mol. The molecule has 104 valence electrons. The maximum atomic E-state index is 5.41. The van der Waals surface area contributed by atoms with Crippen molar-refractivity contribution >= 4 is 11.8 Å². The molecule has 0 aliphatic carbocycles. The van der Waals surface area contributed by atoms with Crippen molar-refractivity contribution in [2.45, 2.75) is 5.75 Å². The molecule has 1 rings (SSSR count). The molecule has 0 aliphatic rings. The molecule has 0 amide bonds. The zero-order valence-corrected chi connectivity index (χ0v) is 12.7. The van der Waals surface area contributed by atoms with Crippen LogP contribution < -0.4 is 10.5 Å². The summed E-state index contributed by atoms with van der Waals surface area (Å²) in [4.78, 5) is 2.19. The lowest BCUT2D eigenvalue weighted by molar-refractivity contribution is 0.413. The van der Waals surface area contributed by atoms with Crippen molar-refractivity contribution in [3.05, 3.63) is 29.3 Å². The van der Waals surface area contributed by atoms with Crippen LogP contribution in [0.15, 0.2) is 18.2 Å². The third kappa shape index (κ3) is 6.02. The van der Waals surface area contributed by atoms with Crippen LogP contribution >= 0.6 is 11.8 Å². The van der Waals surface area contributed by atoms with E-state index < -0.39 is 0 Å². The van der Waals surface area contributed by atoms with E-state index in [4.69, 9.17) is 10.5 Å². The number of ether oxygens (including phenoxy) is 1. The van der Waals surface area contributed by atoms with Crippen molar-refractivity contribution in [1.82, 2.24) is 4.90 Å². The van der Waals surface area contributed by atoms with Gasteiger partial charge in [0, 0.05) is 18.1 Å². The average Bonchev–Trinajstić information content (AvgIpc) is 2.41. The Morgan fingerprint density at radius 3 is 2.79 bits per heavy atom. The molecule has 19 heavy (non-hydrogen) atoms. The van der Waals surface area contributed by atoms with Crippen molar-refractivity contribution in [2.24, 2.45) is 5.73 Å². The van der Waals surface area contributed by atoms with E-state index in [2.05, 4.69) is 43.0 Å². The number of hydrogen-bond acceptors (Lipinski definition) is 4. The lowest BCUT2D eigenvalue weighted by Gasteiger charge is -2.09. The minimum absolute atomic E-state index is 0.366. The van der Waals surface area contributed by atoms with Gasteiger partial charge in [-0.25, -0.2) is 0 Å². The number of hydrogen-bond donors (Lipinski definition) is 1. The van der Waals surface area contributed by atoms with Crippen molar-refractivity contribution < 1.29 is 4.74 Å². The fourth-order valence-electron chi connectivity index (χ4n) is 1.53. The largest absolute Gasteiger partial charge is 0.495 e. The molecule has 0 atom stereocenters. The van der Waals surface area contributed by atoms with E-state index in [0.717, 1.165) is 29.4 Å². The number of nitrogens with zero attached hydrogens (tertiary/aromatic N) is 1. The highest BCUT2D eigenvalue weighted by Crippen LogP contribution is 2.21. The molecule has 2 N–H and O–H groups in total. The Balaban J connectivity index is 2.64. The van der Waals surface area contributed by atoms with Crippen LogP contribution in [0.25, 0.3) is 0 Å². The van der Waals surface area contributed by atoms with E-state index in [1.165, 1.54) is 5.56 Å². The average molecular weight is 278 g/mol. The number of benzene rings is 1. The summed E-state index contributed by atoms with van der Waals surface area (Å²) in [6, 6.07) is 6.15. The van der Waals surface area contributed by atoms with E-state index in [1.807, 2.05) is 17.8 Å². The molecule has 3 nitrogen and oxygen atoms in total. The fourth-order valence-corrected chi connectivity index (χ4v) is 2.58. The molecule has 0 unspecified atom stereocenters. The van der Waals surface area contributed by atoms with Crippen LogP contribution in [0.4, 0.5) is 0 Å². The molecule has 0 aliphatic heterocycles. The van der Waals surface area contributed by atoms with Crippen molar-refractivity contribution in [1.29, 1.82) is 0 Å². The van der Waals surface area contributed by atoms with Crippen LogP contribution in [0.5, 0.6) is 5.75 Å². The first-order chi connectivity index (χ1) is 9.17. The summed E-state index contributed by atoms with van der Waals surface area (Å²) in [5.74, 6) is 8.86. The van der Waals surface area contributed by atoms with Gasteiger partial charge in [-0.05, 0) is 31.8 Å². The van der Waals surface area contributed by atoms with Crippen molar-refractivity contribution in [3.8, 4) is 17.6 Å². The van der Waals surface area contributed by atoms with Gasteiger partial charge < -0.3 is 15.4 Å². The smallest absolute Gasteiger partial charge is 0.134 e. The standard InChI is InChI=1S/C15H22N2OS/c1-17(2)9-10-19-12-13-6-7-15(18-3)14(11-13)5-4-8-16/h6-7,11H,8-10,12,16H2,1-3H3. The van der Waals surface area contributed by atoms with Gasteiger partial charge >= 0.3 is 0 Å². The molecule has 0 radical (unpaired) electrons. The topological polar surface area (TPSA) is 38.5 Å². The zero-order chi connectivity index (χ0) is 14.1. The van der Waals surface area contributed by atoms with E-state index in [-0.39, 0.29) is 0 Å². The molecule has 0 saturated carbocycles. The monoisotopic (exact) mass is 278 g/mol. The lowest BCUT2D eigenvalue weighted by atomic mass is 10.1. The Labute approximate surface area is 120 Å². The Bertz CT molecular complexity index is 449. The SMILES string of the molecule is COc1ccc(CSCCN(C)C)cc1C#CCN. The summed E-state index contributed by atoms with van der Waals surface area (Å²) in [7, 11) is 5.84. The van der Waals surface area contributed by atoms with Crippen LogP contribution in [-0.2, 0) is 5.75 Å². The maximum Gasteiger partial charge on any atom is 0.134 e. The predicted molar refractivity (Wildman–Crippen MR) is 83.6 cm³/mol. The van der Waals surface area contributed by atoms with Gasteiger partial charge in [0.05, 0.1) is 19.2 Å².